The second-order valence-corrected chi connectivity index (χ2v) is 5.25. The third kappa shape index (κ3) is 5.26. The highest BCUT2D eigenvalue weighted by Crippen LogP contribution is 2.15. The van der Waals surface area contributed by atoms with Gasteiger partial charge in [-0.15, -0.1) is 12.4 Å². The Morgan fingerprint density at radius 3 is 2.71 bits per heavy atom. The number of amides is 1. The highest BCUT2D eigenvalue weighted by atomic mass is 35.5. The lowest BCUT2D eigenvalue weighted by Crippen LogP contribution is -2.51. The van der Waals surface area contributed by atoms with Crippen LogP contribution in [-0.4, -0.2) is 40.6 Å². The van der Waals surface area contributed by atoms with Crippen molar-refractivity contribution in [3.8, 4) is 0 Å². The molecule has 2 atom stereocenters. The van der Waals surface area contributed by atoms with Gasteiger partial charge in [0, 0.05) is 14.2 Å². The normalized spacial score (nSPS) is 15.0. The Labute approximate surface area is 131 Å². The molecule has 1 aromatic rings. The van der Waals surface area contributed by atoms with E-state index in [1.165, 1.54) is 4.90 Å². The number of hydrogen-bond acceptors (Lipinski definition) is 6. The van der Waals surface area contributed by atoms with Crippen molar-refractivity contribution in [1.29, 1.82) is 0 Å². The molecule has 1 rings (SSSR count). The van der Waals surface area contributed by atoms with Gasteiger partial charge < -0.3 is 19.9 Å². The number of ether oxygens (including phenoxy) is 1. The maximum atomic E-state index is 12.2. The fourth-order valence-electron chi connectivity index (χ4n) is 1.94. The van der Waals surface area contributed by atoms with E-state index in [-0.39, 0.29) is 31.0 Å². The summed E-state index contributed by atoms with van der Waals surface area (Å²) in [5.74, 6) is 0.693. The monoisotopic (exact) mass is 320 g/mol. The summed E-state index contributed by atoms with van der Waals surface area (Å²) >= 11 is 0. The zero-order chi connectivity index (χ0) is 15.3. The molecule has 0 aromatic carbocycles. The van der Waals surface area contributed by atoms with Crippen LogP contribution in [0.4, 0.5) is 0 Å². The van der Waals surface area contributed by atoms with Crippen molar-refractivity contribution in [2.75, 3.05) is 14.2 Å². The number of methoxy groups -OCH3 is 1. The first-order valence-corrected chi connectivity index (χ1v) is 6.71. The maximum Gasteiger partial charge on any atom is 0.246 e. The first-order valence-electron chi connectivity index (χ1n) is 6.71. The molecule has 0 aliphatic carbocycles. The van der Waals surface area contributed by atoms with Gasteiger partial charge in [0.15, 0.2) is 5.82 Å². The molecule has 8 heteroatoms. The summed E-state index contributed by atoms with van der Waals surface area (Å²) in [4.78, 5) is 17.9. The van der Waals surface area contributed by atoms with Gasteiger partial charge in [0.1, 0.15) is 6.10 Å². The molecule has 7 nitrogen and oxygen atoms in total. The number of carbonyl (C=O) groups excluding carboxylic acids is 1. The number of halogens is 1. The van der Waals surface area contributed by atoms with Crippen LogP contribution >= 0.6 is 12.4 Å². The summed E-state index contributed by atoms with van der Waals surface area (Å²) in [6.45, 7) is 5.79. The molecule has 0 aliphatic heterocycles. The van der Waals surface area contributed by atoms with Gasteiger partial charge in [0.05, 0.1) is 12.1 Å². The van der Waals surface area contributed by atoms with E-state index in [2.05, 4.69) is 10.1 Å². The molecule has 0 saturated heterocycles. The fraction of sp³-hybridized carbons (Fsp3) is 0.769. The topological polar surface area (TPSA) is 94.5 Å². The van der Waals surface area contributed by atoms with Crippen LogP contribution in [0.1, 0.15) is 51.4 Å². The quantitative estimate of drug-likeness (QED) is 0.821. The molecule has 0 saturated carbocycles. The molecule has 1 heterocycles. The summed E-state index contributed by atoms with van der Waals surface area (Å²) < 4.78 is 10.2. The zero-order valence-electron chi connectivity index (χ0n) is 13.3. The molecule has 2 unspecified atom stereocenters. The summed E-state index contributed by atoms with van der Waals surface area (Å²) in [5, 5.41) is 3.82. The van der Waals surface area contributed by atoms with Crippen LogP contribution in [0.3, 0.4) is 0 Å². The third-order valence-corrected chi connectivity index (χ3v) is 3.18. The number of nitrogens with two attached hydrogens (primary N) is 1. The highest BCUT2D eigenvalue weighted by molar-refractivity contribution is 5.85. The number of nitrogens with zero attached hydrogens (tertiary/aromatic N) is 3. The van der Waals surface area contributed by atoms with Gasteiger partial charge in [0.25, 0.3) is 0 Å². The molecule has 0 bridgehead atoms. The van der Waals surface area contributed by atoms with E-state index in [9.17, 15) is 4.79 Å². The third-order valence-electron chi connectivity index (χ3n) is 3.18. The Bertz CT molecular complexity index is 450. The zero-order valence-corrected chi connectivity index (χ0v) is 14.1. The Morgan fingerprint density at radius 2 is 2.19 bits per heavy atom. The molecular formula is C13H25ClN4O3. The molecule has 122 valence electrons. The number of carbonyl (C=O) groups is 1. The minimum Gasteiger partial charge on any atom is -0.374 e. The van der Waals surface area contributed by atoms with Crippen molar-refractivity contribution in [1.82, 2.24) is 15.0 Å². The molecule has 0 spiro atoms. The van der Waals surface area contributed by atoms with Crippen LogP contribution in [0.5, 0.6) is 0 Å². The van der Waals surface area contributed by atoms with Crippen molar-refractivity contribution >= 4 is 18.3 Å². The largest absolute Gasteiger partial charge is 0.374 e. The van der Waals surface area contributed by atoms with Gasteiger partial charge in [-0.05, 0) is 20.3 Å². The summed E-state index contributed by atoms with van der Waals surface area (Å²) in [7, 11) is 3.24. The molecular weight excluding hydrogens is 296 g/mol. The number of likely N-dealkylation sites (N-methyl/N-ethyl adjacent to an activating group) is 1. The smallest absolute Gasteiger partial charge is 0.246 e. The second-order valence-electron chi connectivity index (χ2n) is 5.25. The average molecular weight is 321 g/mol. The van der Waals surface area contributed by atoms with E-state index in [4.69, 9.17) is 15.0 Å². The van der Waals surface area contributed by atoms with Crippen molar-refractivity contribution in [3.63, 3.8) is 0 Å². The summed E-state index contributed by atoms with van der Waals surface area (Å²) in [5.41, 5.74) is 5.15. The predicted molar refractivity (Wildman–Crippen MR) is 80.9 cm³/mol. The van der Waals surface area contributed by atoms with E-state index >= 15 is 0 Å². The Kier molecular flexibility index (Phi) is 7.84. The molecule has 21 heavy (non-hydrogen) atoms. The van der Waals surface area contributed by atoms with Gasteiger partial charge in [-0.2, -0.15) is 4.98 Å². The molecule has 0 fully saturated rings. The average Bonchev–Trinajstić information content (AvgIpc) is 2.85. The van der Waals surface area contributed by atoms with E-state index in [0.29, 0.717) is 18.1 Å². The van der Waals surface area contributed by atoms with E-state index in [1.54, 1.807) is 21.1 Å². The second kappa shape index (κ2) is 8.31. The standard InChI is InChI=1S/C13H24N4O3.ClH/c1-6-7-13(3,14)12(18)17(4)8-10-15-11(16-20-10)9(2)19-5;/h9H,6-8,14H2,1-5H3;1H. The van der Waals surface area contributed by atoms with Crippen molar-refractivity contribution in [3.05, 3.63) is 11.7 Å². The van der Waals surface area contributed by atoms with Gasteiger partial charge in [-0.3, -0.25) is 4.79 Å². The number of hydrogen-bond donors (Lipinski definition) is 1. The first kappa shape index (κ1) is 19.8. The van der Waals surface area contributed by atoms with Crippen LogP contribution < -0.4 is 5.73 Å². The summed E-state index contributed by atoms with van der Waals surface area (Å²) in [6, 6.07) is 0. The van der Waals surface area contributed by atoms with Crippen LogP contribution in [0.25, 0.3) is 0 Å². The first-order chi connectivity index (χ1) is 9.31. The van der Waals surface area contributed by atoms with E-state index in [1.807, 2.05) is 13.8 Å². The SMILES string of the molecule is CCCC(C)(N)C(=O)N(C)Cc1nc(C(C)OC)no1.Cl. The Balaban J connectivity index is 0.00000400. The van der Waals surface area contributed by atoms with Gasteiger partial charge in [-0.25, -0.2) is 0 Å². The minimum atomic E-state index is -0.869. The maximum absolute atomic E-state index is 12.2. The van der Waals surface area contributed by atoms with Gasteiger partial charge in [0.2, 0.25) is 11.8 Å². The molecule has 1 amide bonds. The van der Waals surface area contributed by atoms with Crippen molar-refractivity contribution in [2.45, 2.75) is 51.8 Å². The van der Waals surface area contributed by atoms with Crippen LogP contribution in [0, 0.1) is 0 Å². The minimum absolute atomic E-state index is 0. The van der Waals surface area contributed by atoms with Gasteiger partial charge in [-0.1, -0.05) is 18.5 Å². The molecule has 2 N–H and O–H groups in total. The molecule has 0 radical (unpaired) electrons. The molecule has 1 aromatic heterocycles. The fourth-order valence-corrected chi connectivity index (χ4v) is 1.94. The predicted octanol–water partition coefficient (Wildman–Crippen LogP) is 1.67. The van der Waals surface area contributed by atoms with E-state index in [0.717, 1.165) is 6.42 Å². The van der Waals surface area contributed by atoms with Crippen LogP contribution in [-0.2, 0) is 16.1 Å². The van der Waals surface area contributed by atoms with Crippen molar-refractivity contribution in [2.24, 2.45) is 5.73 Å². The highest BCUT2D eigenvalue weighted by Gasteiger charge is 2.30. The lowest BCUT2D eigenvalue weighted by Gasteiger charge is -2.28. The molecule has 0 aliphatic rings. The van der Waals surface area contributed by atoms with Crippen LogP contribution in [0.15, 0.2) is 4.52 Å². The summed E-state index contributed by atoms with van der Waals surface area (Å²) in [6.07, 6.45) is 1.24. The van der Waals surface area contributed by atoms with E-state index < -0.39 is 5.54 Å². The van der Waals surface area contributed by atoms with Gasteiger partial charge >= 0.3 is 0 Å². The van der Waals surface area contributed by atoms with Crippen LogP contribution in [0.2, 0.25) is 0 Å². The number of aromatic nitrogens is 2. The number of rotatable bonds is 7. The lowest BCUT2D eigenvalue weighted by molar-refractivity contribution is -0.136. The van der Waals surface area contributed by atoms with Crippen molar-refractivity contribution < 1.29 is 14.1 Å². The Hall–Kier alpha value is -1.18. The lowest BCUT2D eigenvalue weighted by atomic mass is 9.96. The Morgan fingerprint density at radius 1 is 1.57 bits per heavy atom.